The van der Waals surface area contributed by atoms with Crippen molar-refractivity contribution >= 4 is 15.8 Å². The maximum Gasteiger partial charge on any atom is 0.243 e. The number of aryl methyl sites for hydroxylation is 1. The van der Waals surface area contributed by atoms with Crippen LogP contribution in [-0.2, 0) is 14.8 Å². The molecule has 1 aromatic carbocycles. The van der Waals surface area contributed by atoms with Gasteiger partial charge < -0.3 is 15.0 Å². The highest BCUT2D eigenvalue weighted by Crippen LogP contribution is 2.28. The minimum atomic E-state index is -3.54. The molecule has 0 atom stereocenters. The van der Waals surface area contributed by atoms with Gasteiger partial charge in [-0.1, -0.05) is 12.1 Å². The average molecular weight is 405 g/mol. The molecular weight excluding hydrogens is 376 g/mol. The van der Waals surface area contributed by atoms with Gasteiger partial charge in [-0.2, -0.15) is 4.31 Å². The predicted octanol–water partition coefficient (Wildman–Crippen LogP) is 1.73. The van der Waals surface area contributed by atoms with Gasteiger partial charge in [0.15, 0.2) is 0 Å². The van der Waals surface area contributed by atoms with Gasteiger partial charge in [0.25, 0.3) is 0 Å². The highest BCUT2D eigenvalue weighted by Gasteiger charge is 2.28. The number of sulfonamides is 1. The van der Waals surface area contributed by atoms with Gasteiger partial charge >= 0.3 is 0 Å². The van der Waals surface area contributed by atoms with Crippen molar-refractivity contribution in [3.63, 3.8) is 0 Å². The van der Waals surface area contributed by atoms with Gasteiger partial charge in [-0.25, -0.2) is 13.4 Å². The molecule has 0 saturated carbocycles. The minimum absolute atomic E-state index is 0.355. The lowest BCUT2D eigenvalue weighted by atomic mass is 10.1. The molecule has 28 heavy (non-hydrogen) atoms. The van der Waals surface area contributed by atoms with E-state index in [1.54, 1.807) is 12.3 Å². The summed E-state index contributed by atoms with van der Waals surface area (Å²) in [4.78, 5) is 6.86. The summed E-state index contributed by atoms with van der Waals surface area (Å²) in [5, 5.41) is 3.13. The second-order valence-corrected chi connectivity index (χ2v) is 8.83. The van der Waals surface area contributed by atoms with Crippen LogP contribution in [0.1, 0.15) is 5.56 Å². The number of anilines is 1. The molecule has 1 N–H and O–H groups in total. The lowest BCUT2D eigenvalue weighted by Crippen LogP contribution is -2.40. The van der Waals surface area contributed by atoms with Crippen molar-refractivity contribution in [2.45, 2.75) is 11.8 Å². The van der Waals surface area contributed by atoms with Crippen LogP contribution >= 0.6 is 0 Å². The Morgan fingerprint density at radius 1 is 1.18 bits per heavy atom. The molecule has 1 aliphatic heterocycles. The zero-order valence-electron chi connectivity index (χ0n) is 16.7. The van der Waals surface area contributed by atoms with E-state index in [4.69, 9.17) is 4.74 Å². The third-order valence-corrected chi connectivity index (χ3v) is 6.98. The van der Waals surface area contributed by atoms with Gasteiger partial charge in [-0.15, -0.1) is 0 Å². The number of rotatable bonds is 7. The quantitative estimate of drug-likeness (QED) is 0.758. The molecule has 152 valence electrons. The Morgan fingerprint density at radius 3 is 2.61 bits per heavy atom. The molecule has 0 amide bonds. The fourth-order valence-electron chi connectivity index (χ4n) is 3.18. The summed E-state index contributed by atoms with van der Waals surface area (Å²) >= 11 is 0. The zero-order valence-corrected chi connectivity index (χ0v) is 17.5. The number of likely N-dealkylation sites (N-methyl/N-ethyl adjacent to an activating group) is 2. The zero-order chi connectivity index (χ0) is 20.1. The Bertz CT molecular complexity index is 911. The van der Waals surface area contributed by atoms with Crippen LogP contribution in [-0.4, -0.2) is 71.2 Å². The molecule has 0 unspecified atom stereocenters. The van der Waals surface area contributed by atoms with Gasteiger partial charge in [0, 0.05) is 39.4 Å². The maximum atomic E-state index is 13.1. The van der Waals surface area contributed by atoms with E-state index in [2.05, 4.69) is 15.2 Å². The van der Waals surface area contributed by atoms with Crippen LogP contribution in [0.15, 0.2) is 41.4 Å². The van der Waals surface area contributed by atoms with E-state index in [0.29, 0.717) is 31.2 Å². The Kier molecular flexibility index (Phi) is 6.66. The molecular formula is C20H28N4O3S. The van der Waals surface area contributed by atoms with E-state index in [-0.39, 0.29) is 0 Å². The first-order valence-electron chi connectivity index (χ1n) is 9.44. The van der Waals surface area contributed by atoms with Gasteiger partial charge in [0.05, 0.1) is 18.1 Å². The standard InChI is InChI=1S/C20H28N4O3S/c1-16-4-5-17(14-19(16)28(25,26)24-10-12-27-13-11-24)18-6-7-22-20(15-18)23(3)9-8-21-2/h4-7,14-15,21H,8-13H2,1-3H3. The van der Waals surface area contributed by atoms with Crippen LogP contribution in [0.2, 0.25) is 0 Å². The number of nitrogens with zero attached hydrogens (tertiary/aromatic N) is 3. The van der Waals surface area contributed by atoms with Crippen LogP contribution in [0.5, 0.6) is 0 Å². The van der Waals surface area contributed by atoms with Gasteiger partial charge in [0.2, 0.25) is 10.0 Å². The molecule has 1 aromatic heterocycles. The summed E-state index contributed by atoms with van der Waals surface area (Å²) in [5.74, 6) is 0.853. The van der Waals surface area contributed by atoms with Crippen molar-refractivity contribution in [3.05, 3.63) is 42.1 Å². The Balaban J connectivity index is 1.93. The first kappa shape index (κ1) is 20.7. The number of aromatic nitrogens is 1. The first-order chi connectivity index (χ1) is 13.4. The van der Waals surface area contributed by atoms with Crippen LogP contribution in [0.4, 0.5) is 5.82 Å². The molecule has 1 saturated heterocycles. The molecule has 8 heteroatoms. The molecule has 0 spiro atoms. The number of pyridine rings is 1. The van der Waals surface area contributed by atoms with Crippen LogP contribution in [0, 0.1) is 6.92 Å². The average Bonchev–Trinajstić information content (AvgIpc) is 2.73. The third-order valence-electron chi connectivity index (χ3n) is 4.94. The lowest BCUT2D eigenvalue weighted by Gasteiger charge is -2.27. The predicted molar refractivity (Wildman–Crippen MR) is 111 cm³/mol. The van der Waals surface area contributed by atoms with E-state index in [9.17, 15) is 8.42 Å². The molecule has 2 aromatic rings. The Morgan fingerprint density at radius 2 is 1.89 bits per heavy atom. The van der Waals surface area contributed by atoms with Gasteiger partial charge in [0.1, 0.15) is 5.82 Å². The Labute approximate surface area is 167 Å². The first-order valence-corrected chi connectivity index (χ1v) is 10.9. The fraction of sp³-hybridized carbons (Fsp3) is 0.450. The summed E-state index contributed by atoms with van der Waals surface area (Å²) in [6, 6.07) is 9.50. The van der Waals surface area contributed by atoms with E-state index >= 15 is 0 Å². The lowest BCUT2D eigenvalue weighted by molar-refractivity contribution is 0.0730. The number of benzene rings is 1. The fourth-order valence-corrected chi connectivity index (χ4v) is 4.84. The molecule has 7 nitrogen and oxygen atoms in total. The maximum absolute atomic E-state index is 13.1. The largest absolute Gasteiger partial charge is 0.379 e. The van der Waals surface area contributed by atoms with Gasteiger partial charge in [-0.05, 0) is 48.9 Å². The van der Waals surface area contributed by atoms with Crippen molar-refractivity contribution in [3.8, 4) is 11.1 Å². The molecule has 1 aliphatic rings. The Hall–Kier alpha value is -2.00. The number of hydrogen-bond donors (Lipinski definition) is 1. The molecule has 1 fully saturated rings. The second-order valence-electron chi connectivity index (χ2n) is 6.92. The molecule has 0 radical (unpaired) electrons. The number of hydrogen-bond acceptors (Lipinski definition) is 6. The van der Waals surface area contributed by atoms with Crippen molar-refractivity contribution < 1.29 is 13.2 Å². The van der Waals surface area contributed by atoms with Crippen LogP contribution < -0.4 is 10.2 Å². The minimum Gasteiger partial charge on any atom is -0.379 e. The summed E-state index contributed by atoms with van der Waals surface area (Å²) in [6.07, 6.45) is 1.76. The normalized spacial score (nSPS) is 15.5. The van der Waals surface area contributed by atoms with Crippen molar-refractivity contribution in [2.75, 3.05) is 58.4 Å². The molecule has 0 aliphatic carbocycles. The monoisotopic (exact) mass is 404 g/mol. The number of ether oxygens (including phenoxy) is 1. The third kappa shape index (κ3) is 4.52. The highest BCUT2D eigenvalue weighted by atomic mass is 32.2. The van der Waals surface area contributed by atoms with E-state index in [0.717, 1.165) is 35.6 Å². The van der Waals surface area contributed by atoms with E-state index in [1.165, 1.54) is 4.31 Å². The van der Waals surface area contributed by atoms with Crippen molar-refractivity contribution in [2.24, 2.45) is 0 Å². The molecule has 0 bridgehead atoms. The van der Waals surface area contributed by atoms with E-state index < -0.39 is 10.0 Å². The van der Waals surface area contributed by atoms with Crippen LogP contribution in [0.3, 0.4) is 0 Å². The SMILES string of the molecule is CNCCN(C)c1cc(-c2ccc(C)c(S(=O)(=O)N3CCOCC3)c2)ccn1. The second kappa shape index (κ2) is 9.00. The van der Waals surface area contributed by atoms with Crippen molar-refractivity contribution in [1.82, 2.24) is 14.6 Å². The van der Waals surface area contributed by atoms with Crippen LogP contribution in [0.25, 0.3) is 11.1 Å². The molecule has 3 rings (SSSR count). The topological polar surface area (TPSA) is 74.8 Å². The molecule has 2 heterocycles. The van der Waals surface area contributed by atoms with Crippen molar-refractivity contribution in [1.29, 1.82) is 0 Å². The number of nitrogens with one attached hydrogen (secondary N) is 1. The smallest absolute Gasteiger partial charge is 0.243 e. The number of morpholine rings is 1. The summed E-state index contributed by atoms with van der Waals surface area (Å²) in [6.45, 7) is 5.17. The highest BCUT2D eigenvalue weighted by molar-refractivity contribution is 7.89. The summed E-state index contributed by atoms with van der Waals surface area (Å²) in [7, 11) is 0.367. The van der Waals surface area contributed by atoms with E-state index in [1.807, 2.05) is 45.3 Å². The van der Waals surface area contributed by atoms with Gasteiger partial charge in [-0.3, -0.25) is 0 Å². The summed E-state index contributed by atoms with van der Waals surface area (Å²) < 4.78 is 33.1. The summed E-state index contributed by atoms with van der Waals surface area (Å²) in [5.41, 5.74) is 2.55.